The molecular formula is C22H25N5O3S. The molecule has 2 bridgehead atoms. The third-order valence-corrected chi connectivity index (χ3v) is 9.26. The predicted octanol–water partition coefficient (Wildman–Crippen LogP) is 2.55. The zero-order valence-corrected chi connectivity index (χ0v) is 18.2. The van der Waals surface area contributed by atoms with Crippen molar-refractivity contribution in [2.24, 2.45) is 0 Å². The molecule has 0 N–H and O–H groups in total. The Bertz CT molecular complexity index is 1240. The largest absolute Gasteiger partial charge is 0.481 e. The lowest BCUT2D eigenvalue weighted by Crippen LogP contribution is -2.56. The lowest BCUT2D eigenvalue weighted by atomic mass is 10.1. The highest BCUT2D eigenvalue weighted by Gasteiger charge is 2.51. The van der Waals surface area contributed by atoms with Gasteiger partial charge in [-0.3, -0.25) is 0 Å². The molecule has 2 saturated heterocycles. The molecule has 8 nitrogen and oxygen atoms in total. The molecule has 0 radical (unpaired) electrons. The lowest BCUT2D eigenvalue weighted by molar-refractivity contribution is 0.286. The SMILES string of the molecule is COc1cc(-c2cc3c(N4CC5CCC(C4)N5S(=O)(=O)C4CC4)ccnn3c2)ccn1. The molecule has 2 atom stereocenters. The first-order chi connectivity index (χ1) is 15.0. The van der Waals surface area contributed by atoms with Crippen LogP contribution in [0.4, 0.5) is 5.69 Å². The minimum atomic E-state index is -3.14. The van der Waals surface area contributed by atoms with Crippen LogP contribution in [0.3, 0.4) is 0 Å². The lowest BCUT2D eigenvalue weighted by Gasteiger charge is -2.41. The van der Waals surface area contributed by atoms with Crippen LogP contribution >= 0.6 is 0 Å². The van der Waals surface area contributed by atoms with Gasteiger partial charge in [0.1, 0.15) is 0 Å². The van der Waals surface area contributed by atoms with Crippen LogP contribution in [0, 0.1) is 0 Å². The molecule has 6 rings (SSSR count). The highest BCUT2D eigenvalue weighted by molar-refractivity contribution is 7.90. The standard InChI is InChI=1S/C22H25N5O3S/c1-30-22-11-15(6-8-23-22)16-10-21-20(7-9-24-26(21)12-16)25-13-17-2-3-18(14-25)27(17)31(28,29)19-4-5-19/h6-12,17-19H,2-5,13-14H2,1H3. The molecule has 0 amide bonds. The monoisotopic (exact) mass is 439 g/mol. The van der Waals surface area contributed by atoms with Gasteiger partial charge in [0.25, 0.3) is 0 Å². The van der Waals surface area contributed by atoms with E-state index in [1.54, 1.807) is 13.3 Å². The van der Waals surface area contributed by atoms with Crippen molar-refractivity contribution in [1.82, 2.24) is 18.9 Å². The summed E-state index contributed by atoms with van der Waals surface area (Å²) in [7, 11) is -1.53. The number of pyridine rings is 1. The molecule has 2 unspecified atom stereocenters. The Labute approximate surface area is 181 Å². The van der Waals surface area contributed by atoms with E-state index in [0.29, 0.717) is 5.88 Å². The fourth-order valence-corrected chi connectivity index (χ4v) is 7.39. The van der Waals surface area contributed by atoms with E-state index in [2.05, 4.69) is 21.0 Å². The van der Waals surface area contributed by atoms with Gasteiger partial charge in [-0.25, -0.2) is 17.9 Å². The maximum Gasteiger partial charge on any atom is 0.217 e. The summed E-state index contributed by atoms with van der Waals surface area (Å²) in [5.41, 5.74) is 4.18. The Morgan fingerprint density at radius 2 is 1.77 bits per heavy atom. The molecule has 0 aromatic carbocycles. The summed E-state index contributed by atoms with van der Waals surface area (Å²) >= 11 is 0. The predicted molar refractivity (Wildman–Crippen MR) is 118 cm³/mol. The zero-order valence-electron chi connectivity index (χ0n) is 17.4. The van der Waals surface area contributed by atoms with Crippen molar-refractivity contribution in [3.63, 3.8) is 0 Å². The van der Waals surface area contributed by atoms with Crippen LogP contribution in [-0.4, -0.2) is 64.9 Å². The summed E-state index contributed by atoms with van der Waals surface area (Å²) in [6, 6.07) is 8.17. The molecule has 0 spiro atoms. The van der Waals surface area contributed by atoms with Crippen molar-refractivity contribution in [1.29, 1.82) is 0 Å². The van der Waals surface area contributed by atoms with Gasteiger partial charge in [-0.05, 0) is 49.4 Å². The summed E-state index contributed by atoms with van der Waals surface area (Å²) in [5.74, 6) is 0.575. The van der Waals surface area contributed by atoms with Crippen LogP contribution < -0.4 is 9.64 Å². The summed E-state index contributed by atoms with van der Waals surface area (Å²) in [5, 5.41) is 4.36. The number of aromatic nitrogens is 3. The van der Waals surface area contributed by atoms with Gasteiger partial charge in [-0.15, -0.1) is 0 Å². The zero-order chi connectivity index (χ0) is 21.2. The number of nitrogens with zero attached hydrogens (tertiary/aromatic N) is 5. The van der Waals surface area contributed by atoms with Crippen molar-refractivity contribution in [2.75, 3.05) is 25.1 Å². The van der Waals surface area contributed by atoms with Crippen LogP contribution in [0.15, 0.2) is 42.9 Å². The Kier molecular flexibility index (Phi) is 4.26. The number of piperazine rings is 1. The van der Waals surface area contributed by atoms with Gasteiger partial charge in [-0.2, -0.15) is 9.40 Å². The van der Waals surface area contributed by atoms with Gasteiger partial charge in [0.05, 0.1) is 23.6 Å². The van der Waals surface area contributed by atoms with Crippen LogP contribution in [0.5, 0.6) is 5.88 Å². The van der Waals surface area contributed by atoms with E-state index in [-0.39, 0.29) is 17.3 Å². The molecule has 31 heavy (non-hydrogen) atoms. The fourth-order valence-electron chi connectivity index (χ4n) is 5.14. The van der Waals surface area contributed by atoms with Gasteiger partial charge >= 0.3 is 0 Å². The van der Waals surface area contributed by atoms with Crippen molar-refractivity contribution in [3.8, 4) is 17.0 Å². The minimum absolute atomic E-state index is 0.0662. The first-order valence-electron chi connectivity index (χ1n) is 10.8. The van der Waals surface area contributed by atoms with Crippen LogP contribution in [0.25, 0.3) is 16.6 Å². The number of ether oxygens (including phenoxy) is 1. The molecule has 9 heteroatoms. The van der Waals surface area contributed by atoms with E-state index >= 15 is 0 Å². The van der Waals surface area contributed by atoms with Gasteiger partial charge in [0.15, 0.2) is 0 Å². The maximum absolute atomic E-state index is 13.0. The summed E-state index contributed by atoms with van der Waals surface area (Å²) in [4.78, 5) is 6.53. The van der Waals surface area contributed by atoms with E-state index in [9.17, 15) is 8.42 Å². The first-order valence-corrected chi connectivity index (χ1v) is 12.3. The average Bonchev–Trinajstić information content (AvgIpc) is 3.50. The molecule has 3 aromatic heterocycles. The smallest absolute Gasteiger partial charge is 0.217 e. The third kappa shape index (κ3) is 3.10. The highest BCUT2D eigenvalue weighted by Crippen LogP contribution is 2.41. The van der Waals surface area contributed by atoms with Gasteiger partial charge < -0.3 is 9.64 Å². The number of hydrogen-bond donors (Lipinski definition) is 0. The minimum Gasteiger partial charge on any atom is -0.481 e. The molecule has 1 saturated carbocycles. The number of rotatable bonds is 5. The van der Waals surface area contributed by atoms with E-state index in [0.717, 1.165) is 61.1 Å². The van der Waals surface area contributed by atoms with Gasteiger partial charge in [0.2, 0.25) is 15.9 Å². The van der Waals surface area contributed by atoms with Crippen LogP contribution in [-0.2, 0) is 10.0 Å². The van der Waals surface area contributed by atoms with Crippen molar-refractivity contribution in [3.05, 3.63) is 42.9 Å². The number of sulfonamides is 1. The van der Waals surface area contributed by atoms with Crippen LogP contribution in [0.1, 0.15) is 25.7 Å². The molecule has 5 heterocycles. The number of anilines is 1. The van der Waals surface area contributed by atoms with E-state index in [4.69, 9.17) is 4.74 Å². The Morgan fingerprint density at radius 1 is 1.00 bits per heavy atom. The first kappa shape index (κ1) is 19.1. The second-order valence-corrected chi connectivity index (χ2v) is 10.8. The molecule has 3 fully saturated rings. The van der Waals surface area contributed by atoms with Gasteiger partial charge in [0, 0.05) is 55.4 Å². The molecule has 162 valence electrons. The topological polar surface area (TPSA) is 80.0 Å². The maximum atomic E-state index is 13.0. The highest BCUT2D eigenvalue weighted by atomic mass is 32.2. The fraction of sp³-hybridized carbons (Fsp3) is 0.455. The second-order valence-electron chi connectivity index (χ2n) is 8.73. The molecule has 1 aliphatic carbocycles. The van der Waals surface area contributed by atoms with E-state index in [1.807, 2.05) is 39.4 Å². The number of methoxy groups -OCH3 is 1. The van der Waals surface area contributed by atoms with Crippen molar-refractivity contribution in [2.45, 2.75) is 43.0 Å². The Morgan fingerprint density at radius 3 is 2.48 bits per heavy atom. The van der Waals surface area contributed by atoms with E-state index in [1.165, 1.54) is 0 Å². The Hall–Kier alpha value is -2.65. The average molecular weight is 440 g/mol. The van der Waals surface area contributed by atoms with Crippen molar-refractivity contribution >= 4 is 21.2 Å². The molecule has 3 aromatic rings. The van der Waals surface area contributed by atoms with Crippen molar-refractivity contribution < 1.29 is 13.2 Å². The summed E-state index contributed by atoms with van der Waals surface area (Å²) in [6.07, 6.45) is 9.08. The second kappa shape index (κ2) is 6.93. The normalized spacial score (nSPS) is 24.1. The number of fused-ring (bicyclic) bond motifs is 3. The van der Waals surface area contributed by atoms with Crippen LogP contribution in [0.2, 0.25) is 0 Å². The third-order valence-electron chi connectivity index (χ3n) is 6.76. The molecule has 3 aliphatic rings. The quantitative estimate of drug-likeness (QED) is 0.608. The molecular weight excluding hydrogens is 414 g/mol. The molecule has 2 aliphatic heterocycles. The summed E-state index contributed by atoms with van der Waals surface area (Å²) < 4.78 is 34.9. The Balaban J connectivity index is 1.33. The van der Waals surface area contributed by atoms with Gasteiger partial charge in [-0.1, -0.05) is 0 Å². The van der Waals surface area contributed by atoms with E-state index < -0.39 is 10.0 Å². The number of hydrogen-bond acceptors (Lipinski definition) is 6. The summed E-state index contributed by atoms with van der Waals surface area (Å²) in [6.45, 7) is 1.46.